The van der Waals surface area contributed by atoms with Crippen LogP contribution in [0.2, 0.25) is 0 Å². The highest BCUT2D eigenvalue weighted by Gasteiger charge is 2.59. The number of nitrogens with zero attached hydrogens (tertiary/aromatic N) is 2. The highest BCUT2D eigenvalue weighted by Crippen LogP contribution is 2.63. The largest absolute Gasteiger partial charge is 0.497 e. The minimum absolute atomic E-state index is 0.223. The molecule has 0 saturated heterocycles. The quantitative estimate of drug-likeness (QED) is 0.744. The maximum atomic E-state index is 5.21. The summed E-state index contributed by atoms with van der Waals surface area (Å²) in [5.74, 6) is 1.63. The first-order valence-corrected chi connectivity index (χ1v) is 9.75. The predicted molar refractivity (Wildman–Crippen MR) is 104 cm³/mol. The summed E-state index contributed by atoms with van der Waals surface area (Å²) in [5.41, 5.74) is 7.16. The number of hydrogen-bond donors (Lipinski definition) is 1. The minimum atomic E-state index is 0.223. The summed E-state index contributed by atoms with van der Waals surface area (Å²) in [4.78, 5) is 4.68. The fourth-order valence-electron chi connectivity index (χ4n) is 4.43. The van der Waals surface area contributed by atoms with E-state index >= 15 is 0 Å². The Kier molecular flexibility index (Phi) is 3.87. The first-order valence-electron chi connectivity index (χ1n) is 8.87. The van der Waals surface area contributed by atoms with Crippen LogP contribution < -0.4 is 10.2 Å². The molecule has 1 heterocycles. The third-order valence-electron chi connectivity index (χ3n) is 6.69. The maximum absolute atomic E-state index is 5.21. The second kappa shape index (κ2) is 5.84. The lowest BCUT2D eigenvalue weighted by Crippen LogP contribution is -2.32. The second-order valence-corrected chi connectivity index (χ2v) is 8.79. The molecule has 4 rings (SSSR count). The molecule has 2 aliphatic carbocycles. The fraction of sp³-hybridized carbons (Fsp3) is 0.500. The summed E-state index contributed by atoms with van der Waals surface area (Å²) in [7, 11) is 1.68. The average Bonchev–Trinajstić information content (AvgIpc) is 3.22. The predicted octanol–water partition coefficient (Wildman–Crippen LogP) is 5.43. The van der Waals surface area contributed by atoms with Crippen LogP contribution in [0.3, 0.4) is 0 Å². The van der Waals surface area contributed by atoms with E-state index in [1.54, 1.807) is 18.4 Å². The molecule has 4 nitrogen and oxygen atoms in total. The van der Waals surface area contributed by atoms with Gasteiger partial charge in [0.25, 0.3) is 0 Å². The van der Waals surface area contributed by atoms with Crippen LogP contribution in [0.15, 0.2) is 34.7 Å². The lowest BCUT2D eigenvalue weighted by molar-refractivity contribution is 0.194. The summed E-state index contributed by atoms with van der Waals surface area (Å²) in [5, 5.41) is 7.69. The minimum Gasteiger partial charge on any atom is -0.497 e. The van der Waals surface area contributed by atoms with Gasteiger partial charge in [0.2, 0.25) is 5.13 Å². The van der Waals surface area contributed by atoms with E-state index in [4.69, 9.17) is 9.84 Å². The molecule has 2 atom stereocenters. The summed E-state index contributed by atoms with van der Waals surface area (Å²) < 4.78 is 5.21. The van der Waals surface area contributed by atoms with E-state index in [9.17, 15) is 0 Å². The van der Waals surface area contributed by atoms with Gasteiger partial charge in [0.05, 0.1) is 12.8 Å². The van der Waals surface area contributed by atoms with E-state index in [0.717, 1.165) is 34.5 Å². The molecule has 132 valence electrons. The van der Waals surface area contributed by atoms with Crippen molar-refractivity contribution < 1.29 is 4.74 Å². The van der Waals surface area contributed by atoms with Gasteiger partial charge in [-0.05, 0) is 54.9 Å². The topological polar surface area (TPSA) is 46.5 Å². The summed E-state index contributed by atoms with van der Waals surface area (Å²) >= 11 is 1.60. The maximum Gasteiger partial charge on any atom is 0.203 e. The van der Waals surface area contributed by atoms with E-state index < -0.39 is 0 Å². The number of benzene rings is 1. The molecule has 5 heteroatoms. The monoisotopic (exact) mass is 355 g/mol. The molecule has 0 radical (unpaired) electrons. The van der Waals surface area contributed by atoms with Crippen LogP contribution in [0.4, 0.5) is 5.13 Å². The third-order valence-corrected chi connectivity index (χ3v) is 7.44. The standard InChI is InChI=1S/C20H25N3OS/c1-19(2)14-9-10-20(19,3)17(11-14)22-23-18-21-16(12-25-18)13-5-7-15(24-4)8-6-13/h5-8,12,14H,9-11H2,1-4H3,(H,21,23)/b22-17-/t14-,20-/m1/s1. The Morgan fingerprint density at radius 2 is 2.00 bits per heavy atom. The summed E-state index contributed by atoms with van der Waals surface area (Å²) in [6.07, 6.45) is 3.70. The number of ether oxygens (including phenoxy) is 1. The zero-order chi connectivity index (χ0) is 17.7. The zero-order valence-electron chi connectivity index (χ0n) is 15.3. The molecule has 0 amide bonds. The Labute approximate surface area is 153 Å². The number of hydrogen-bond acceptors (Lipinski definition) is 5. The van der Waals surface area contributed by atoms with E-state index in [-0.39, 0.29) is 5.41 Å². The number of fused-ring (bicyclic) bond motifs is 2. The average molecular weight is 356 g/mol. The molecule has 2 aromatic rings. The molecule has 25 heavy (non-hydrogen) atoms. The first-order chi connectivity index (χ1) is 11.9. The van der Waals surface area contributed by atoms with Crippen molar-refractivity contribution in [3.05, 3.63) is 29.6 Å². The smallest absolute Gasteiger partial charge is 0.203 e. The van der Waals surface area contributed by atoms with Crippen molar-refractivity contribution in [2.24, 2.45) is 21.8 Å². The third kappa shape index (κ3) is 2.56. The van der Waals surface area contributed by atoms with Gasteiger partial charge >= 0.3 is 0 Å². The van der Waals surface area contributed by atoms with Crippen molar-refractivity contribution in [2.75, 3.05) is 12.5 Å². The molecule has 0 aliphatic heterocycles. The van der Waals surface area contributed by atoms with Crippen LogP contribution in [-0.4, -0.2) is 17.8 Å². The van der Waals surface area contributed by atoms with Crippen LogP contribution in [-0.2, 0) is 0 Å². The van der Waals surface area contributed by atoms with Crippen molar-refractivity contribution in [3.8, 4) is 17.0 Å². The highest BCUT2D eigenvalue weighted by molar-refractivity contribution is 7.14. The molecule has 2 saturated carbocycles. The summed E-state index contributed by atoms with van der Waals surface area (Å²) in [6, 6.07) is 7.98. The number of hydrazone groups is 1. The Balaban J connectivity index is 1.50. The Morgan fingerprint density at radius 1 is 1.24 bits per heavy atom. The number of aromatic nitrogens is 1. The molecule has 2 fully saturated rings. The molecule has 1 N–H and O–H groups in total. The lowest BCUT2D eigenvalue weighted by atomic mass is 9.70. The van der Waals surface area contributed by atoms with Crippen molar-refractivity contribution in [1.29, 1.82) is 0 Å². The van der Waals surface area contributed by atoms with Gasteiger partial charge in [-0.3, -0.25) is 5.43 Å². The van der Waals surface area contributed by atoms with E-state index in [2.05, 4.69) is 36.6 Å². The molecule has 0 unspecified atom stereocenters. The van der Waals surface area contributed by atoms with Gasteiger partial charge in [-0.1, -0.05) is 20.8 Å². The number of anilines is 1. The van der Waals surface area contributed by atoms with Crippen LogP contribution in [0, 0.1) is 16.7 Å². The number of methoxy groups -OCH3 is 1. The Morgan fingerprint density at radius 3 is 2.60 bits per heavy atom. The van der Waals surface area contributed by atoms with Crippen LogP contribution in [0.5, 0.6) is 5.75 Å². The number of thiazole rings is 1. The van der Waals surface area contributed by atoms with Gasteiger partial charge in [0, 0.05) is 22.1 Å². The van der Waals surface area contributed by atoms with Gasteiger partial charge in [-0.15, -0.1) is 11.3 Å². The zero-order valence-corrected chi connectivity index (χ0v) is 16.1. The Hall–Kier alpha value is -1.88. The normalized spacial score (nSPS) is 28.5. The molecule has 1 aromatic heterocycles. The molecular weight excluding hydrogens is 330 g/mol. The van der Waals surface area contributed by atoms with Crippen molar-refractivity contribution >= 4 is 22.2 Å². The summed E-state index contributed by atoms with van der Waals surface area (Å²) in [6.45, 7) is 7.18. The van der Waals surface area contributed by atoms with Crippen molar-refractivity contribution in [2.45, 2.75) is 40.0 Å². The molecule has 2 aliphatic rings. The van der Waals surface area contributed by atoms with Crippen molar-refractivity contribution in [3.63, 3.8) is 0 Å². The van der Waals surface area contributed by atoms with Gasteiger partial charge in [-0.25, -0.2) is 4.98 Å². The first kappa shape index (κ1) is 16.6. The number of rotatable bonds is 4. The van der Waals surface area contributed by atoms with Gasteiger partial charge < -0.3 is 4.74 Å². The Bertz CT molecular complexity index is 809. The van der Waals surface area contributed by atoms with Crippen molar-refractivity contribution in [1.82, 2.24) is 4.98 Å². The number of nitrogens with one attached hydrogen (secondary N) is 1. The van der Waals surface area contributed by atoms with Crippen LogP contribution >= 0.6 is 11.3 Å². The molecule has 0 spiro atoms. The van der Waals surface area contributed by atoms with Crippen LogP contribution in [0.25, 0.3) is 11.3 Å². The fourth-order valence-corrected chi connectivity index (χ4v) is 5.09. The van der Waals surface area contributed by atoms with Gasteiger partial charge in [-0.2, -0.15) is 5.10 Å². The highest BCUT2D eigenvalue weighted by atomic mass is 32.1. The SMILES string of the molecule is COc1ccc(-c2csc(N/N=C3/C[C@H]4CC[C@@]3(C)C4(C)C)n2)cc1. The van der Waals surface area contributed by atoms with E-state index in [1.165, 1.54) is 18.6 Å². The molecule has 1 aromatic carbocycles. The van der Waals surface area contributed by atoms with E-state index in [0.29, 0.717) is 5.41 Å². The lowest BCUT2D eigenvalue weighted by Gasteiger charge is -2.34. The van der Waals surface area contributed by atoms with Gasteiger partial charge in [0.15, 0.2) is 0 Å². The van der Waals surface area contributed by atoms with Gasteiger partial charge in [0.1, 0.15) is 5.75 Å². The second-order valence-electron chi connectivity index (χ2n) is 7.93. The molecule has 2 bridgehead atoms. The molecular formula is C20H25N3OS. The van der Waals surface area contributed by atoms with Crippen LogP contribution in [0.1, 0.15) is 40.0 Å². The van der Waals surface area contributed by atoms with E-state index in [1.807, 2.05) is 24.3 Å².